The molecule has 0 saturated carbocycles. The Kier molecular flexibility index (Phi) is 4.26. The summed E-state index contributed by atoms with van der Waals surface area (Å²) in [5.74, 6) is 0.966. The summed E-state index contributed by atoms with van der Waals surface area (Å²) in [6.45, 7) is 2.21. The van der Waals surface area contributed by atoms with Gasteiger partial charge in [-0.05, 0) is 42.3 Å². The van der Waals surface area contributed by atoms with Crippen LogP contribution in [0.25, 0.3) is 0 Å². The first kappa shape index (κ1) is 14.2. The molecule has 0 heterocycles. The summed E-state index contributed by atoms with van der Waals surface area (Å²) >= 11 is 0. The van der Waals surface area contributed by atoms with Crippen molar-refractivity contribution in [2.75, 3.05) is 7.05 Å². The number of ether oxygens (including phenoxy) is 1. The number of aryl methyl sites for hydroxylation is 1. The van der Waals surface area contributed by atoms with Gasteiger partial charge in [0, 0.05) is 6.42 Å². The molecule has 3 rings (SSSR count). The van der Waals surface area contributed by atoms with Crippen molar-refractivity contribution in [2.24, 2.45) is 0 Å². The van der Waals surface area contributed by atoms with Crippen molar-refractivity contribution in [1.29, 1.82) is 0 Å². The molecule has 0 amide bonds. The molecule has 0 bridgehead atoms. The first-order chi connectivity index (χ1) is 10.3. The zero-order valence-corrected chi connectivity index (χ0v) is 12.8. The van der Waals surface area contributed by atoms with Crippen LogP contribution in [0.4, 0.5) is 0 Å². The normalized spacial score (nSPS) is 20.3. The summed E-state index contributed by atoms with van der Waals surface area (Å²) < 4.78 is 6.23. The molecule has 2 unspecified atom stereocenters. The number of rotatable bonds is 5. The van der Waals surface area contributed by atoms with E-state index in [4.69, 9.17) is 4.74 Å². The summed E-state index contributed by atoms with van der Waals surface area (Å²) in [6.07, 6.45) is 3.46. The van der Waals surface area contributed by atoms with Crippen molar-refractivity contribution in [3.8, 4) is 5.75 Å². The first-order valence-corrected chi connectivity index (χ1v) is 7.82. The van der Waals surface area contributed by atoms with Gasteiger partial charge in [-0.2, -0.15) is 0 Å². The smallest absolute Gasteiger partial charge is 0.122 e. The average molecular weight is 281 g/mol. The molecule has 1 aliphatic carbocycles. The standard InChI is InChI=1S/C19H23NO/c1-3-6-14-9-11-16(12-10-14)21-18-13-15-7-4-5-8-17(15)19(18)20-2/h4-5,7-12,18-20H,3,6,13H2,1-2H3. The average Bonchev–Trinajstić information content (AvgIpc) is 2.86. The molecule has 1 N–H and O–H groups in total. The van der Waals surface area contributed by atoms with Gasteiger partial charge in [0.05, 0.1) is 6.04 Å². The fraction of sp³-hybridized carbons (Fsp3) is 0.368. The van der Waals surface area contributed by atoms with Gasteiger partial charge in [0.1, 0.15) is 11.9 Å². The van der Waals surface area contributed by atoms with Crippen LogP contribution < -0.4 is 10.1 Å². The van der Waals surface area contributed by atoms with E-state index in [0.717, 1.165) is 18.6 Å². The van der Waals surface area contributed by atoms with Crippen LogP contribution in [0.1, 0.15) is 36.1 Å². The number of likely N-dealkylation sites (N-methyl/N-ethyl adjacent to an activating group) is 1. The van der Waals surface area contributed by atoms with Gasteiger partial charge in [-0.25, -0.2) is 0 Å². The summed E-state index contributed by atoms with van der Waals surface area (Å²) in [6, 6.07) is 17.4. The lowest BCUT2D eigenvalue weighted by molar-refractivity contribution is 0.171. The van der Waals surface area contributed by atoms with Gasteiger partial charge < -0.3 is 10.1 Å². The van der Waals surface area contributed by atoms with Crippen LogP contribution in [0.5, 0.6) is 5.75 Å². The third kappa shape index (κ3) is 2.96. The molecule has 110 valence electrons. The minimum atomic E-state index is 0.171. The predicted octanol–water partition coefficient (Wildman–Crippen LogP) is 3.90. The quantitative estimate of drug-likeness (QED) is 0.897. The SMILES string of the molecule is CCCc1ccc(OC2Cc3ccccc3C2NC)cc1. The van der Waals surface area contributed by atoms with Crippen LogP contribution in [0.3, 0.4) is 0 Å². The third-order valence-corrected chi connectivity index (χ3v) is 4.24. The van der Waals surface area contributed by atoms with Crippen LogP contribution in [0.15, 0.2) is 48.5 Å². The molecule has 0 radical (unpaired) electrons. The fourth-order valence-corrected chi connectivity index (χ4v) is 3.21. The molecule has 2 heteroatoms. The zero-order chi connectivity index (χ0) is 14.7. The van der Waals surface area contributed by atoms with Crippen molar-refractivity contribution in [3.63, 3.8) is 0 Å². The molecule has 0 saturated heterocycles. The molecule has 0 aliphatic heterocycles. The van der Waals surface area contributed by atoms with Crippen molar-refractivity contribution >= 4 is 0 Å². The summed E-state index contributed by atoms with van der Waals surface area (Å²) in [5.41, 5.74) is 4.14. The second-order valence-electron chi connectivity index (χ2n) is 5.72. The van der Waals surface area contributed by atoms with E-state index in [1.165, 1.54) is 23.1 Å². The van der Waals surface area contributed by atoms with Gasteiger partial charge in [-0.3, -0.25) is 0 Å². The Bertz CT molecular complexity index is 591. The molecule has 21 heavy (non-hydrogen) atoms. The molecule has 0 aromatic heterocycles. The number of nitrogens with one attached hydrogen (secondary N) is 1. The van der Waals surface area contributed by atoms with E-state index in [0.29, 0.717) is 0 Å². The highest BCUT2D eigenvalue weighted by Crippen LogP contribution is 2.33. The highest BCUT2D eigenvalue weighted by Gasteiger charge is 2.32. The molecule has 0 spiro atoms. The van der Waals surface area contributed by atoms with Gasteiger partial charge in [0.2, 0.25) is 0 Å². The van der Waals surface area contributed by atoms with E-state index in [1.54, 1.807) is 0 Å². The van der Waals surface area contributed by atoms with E-state index in [2.05, 4.69) is 60.8 Å². The minimum absolute atomic E-state index is 0.171. The number of hydrogen-bond donors (Lipinski definition) is 1. The maximum Gasteiger partial charge on any atom is 0.122 e. The Morgan fingerprint density at radius 2 is 1.86 bits per heavy atom. The van der Waals surface area contributed by atoms with Crippen LogP contribution in [-0.4, -0.2) is 13.2 Å². The van der Waals surface area contributed by atoms with Gasteiger partial charge in [-0.15, -0.1) is 0 Å². The zero-order valence-electron chi connectivity index (χ0n) is 12.8. The summed E-state index contributed by atoms with van der Waals surface area (Å²) in [5, 5.41) is 3.40. The predicted molar refractivity (Wildman–Crippen MR) is 86.8 cm³/mol. The molecular formula is C19H23NO. The lowest BCUT2D eigenvalue weighted by atomic mass is 10.1. The van der Waals surface area contributed by atoms with Crippen LogP contribution in [0, 0.1) is 0 Å². The third-order valence-electron chi connectivity index (χ3n) is 4.24. The Morgan fingerprint density at radius 3 is 2.57 bits per heavy atom. The van der Waals surface area contributed by atoms with E-state index in [9.17, 15) is 0 Å². The van der Waals surface area contributed by atoms with E-state index in [1.807, 2.05) is 7.05 Å². The number of hydrogen-bond acceptors (Lipinski definition) is 2. The lowest BCUT2D eigenvalue weighted by Gasteiger charge is -2.21. The molecule has 2 atom stereocenters. The van der Waals surface area contributed by atoms with Crippen LogP contribution in [0.2, 0.25) is 0 Å². The molecule has 1 aliphatic rings. The number of benzene rings is 2. The van der Waals surface area contributed by atoms with E-state index >= 15 is 0 Å². The summed E-state index contributed by atoms with van der Waals surface area (Å²) in [7, 11) is 2.01. The van der Waals surface area contributed by atoms with Crippen molar-refractivity contribution in [1.82, 2.24) is 5.32 Å². The van der Waals surface area contributed by atoms with Gasteiger partial charge >= 0.3 is 0 Å². The van der Waals surface area contributed by atoms with Crippen LogP contribution in [-0.2, 0) is 12.8 Å². The molecule has 2 aromatic carbocycles. The van der Waals surface area contributed by atoms with Gasteiger partial charge in [0.25, 0.3) is 0 Å². The monoisotopic (exact) mass is 281 g/mol. The largest absolute Gasteiger partial charge is 0.488 e. The molecule has 2 aromatic rings. The Labute approximate surface area is 127 Å². The highest BCUT2D eigenvalue weighted by atomic mass is 16.5. The Hall–Kier alpha value is -1.80. The topological polar surface area (TPSA) is 21.3 Å². The fourth-order valence-electron chi connectivity index (χ4n) is 3.21. The van der Waals surface area contributed by atoms with Crippen molar-refractivity contribution in [2.45, 2.75) is 38.3 Å². The molecule has 0 fully saturated rings. The second-order valence-corrected chi connectivity index (χ2v) is 5.72. The Balaban J connectivity index is 1.73. The molecule has 2 nitrogen and oxygen atoms in total. The van der Waals surface area contributed by atoms with Crippen molar-refractivity contribution < 1.29 is 4.74 Å². The van der Waals surface area contributed by atoms with E-state index in [-0.39, 0.29) is 12.1 Å². The highest BCUT2D eigenvalue weighted by molar-refractivity contribution is 5.37. The number of fused-ring (bicyclic) bond motifs is 1. The minimum Gasteiger partial charge on any atom is -0.488 e. The second kappa shape index (κ2) is 6.31. The van der Waals surface area contributed by atoms with Gasteiger partial charge in [-0.1, -0.05) is 49.7 Å². The van der Waals surface area contributed by atoms with Gasteiger partial charge in [0.15, 0.2) is 0 Å². The van der Waals surface area contributed by atoms with Crippen LogP contribution >= 0.6 is 0 Å². The first-order valence-electron chi connectivity index (χ1n) is 7.82. The van der Waals surface area contributed by atoms with Crippen molar-refractivity contribution in [3.05, 3.63) is 65.2 Å². The summed E-state index contributed by atoms with van der Waals surface area (Å²) in [4.78, 5) is 0. The lowest BCUT2D eigenvalue weighted by Crippen LogP contribution is -2.30. The molecular weight excluding hydrogens is 258 g/mol. The maximum absolute atomic E-state index is 6.23. The maximum atomic E-state index is 6.23. The van der Waals surface area contributed by atoms with E-state index < -0.39 is 0 Å². The Morgan fingerprint density at radius 1 is 1.10 bits per heavy atom.